The molecule has 0 saturated carbocycles. The number of carbonyl (C=O) groups excluding carboxylic acids is 1. The van der Waals surface area contributed by atoms with Crippen molar-refractivity contribution in [2.75, 3.05) is 44.2 Å². The predicted octanol–water partition coefficient (Wildman–Crippen LogP) is 2.24. The van der Waals surface area contributed by atoms with Crippen molar-refractivity contribution in [2.24, 2.45) is 0 Å². The molecule has 1 aromatic carbocycles. The lowest BCUT2D eigenvalue weighted by Crippen LogP contribution is -2.49. The van der Waals surface area contributed by atoms with Crippen molar-refractivity contribution < 1.29 is 14.3 Å². The summed E-state index contributed by atoms with van der Waals surface area (Å²) in [6.07, 6.45) is 2.90. The van der Waals surface area contributed by atoms with Crippen molar-refractivity contribution in [3.63, 3.8) is 0 Å². The Bertz CT molecular complexity index is 866. The van der Waals surface area contributed by atoms with E-state index in [-0.39, 0.29) is 12.0 Å². The van der Waals surface area contributed by atoms with Gasteiger partial charge < -0.3 is 19.7 Å². The number of ether oxygens (including phenoxy) is 2. The molecular formula is C23H30N4O3. The first-order valence-electron chi connectivity index (χ1n) is 10.7. The van der Waals surface area contributed by atoms with E-state index >= 15 is 0 Å². The molecule has 7 heteroatoms. The van der Waals surface area contributed by atoms with Crippen LogP contribution < -0.4 is 19.7 Å². The van der Waals surface area contributed by atoms with Gasteiger partial charge in [0.15, 0.2) is 0 Å². The van der Waals surface area contributed by atoms with E-state index in [4.69, 9.17) is 9.47 Å². The Kier molecular flexibility index (Phi) is 6.38. The first kappa shape index (κ1) is 20.5. The summed E-state index contributed by atoms with van der Waals surface area (Å²) in [5, 5.41) is 3.05. The Hall–Kier alpha value is -2.80. The Morgan fingerprint density at radius 1 is 1.27 bits per heavy atom. The smallest absolute Gasteiger partial charge is 0.234 e. The van der Waals surface area contributed by atoms with E-state index in [1.807, 2.05) is 37.4 Å². The molecule has 30 heavy (non-hydrogen) atoms. The van der Waals surface area contributed by atoms with Crippen LogP contribution in [-0.2, 0) is 17.8 Å². The molecule has 0 bridgehead atoms. The number of benzene rings is 1. The molecule has 0 spiro atoms. The Balaban J connectivity index is 1.29. The molecule has 1 saturated heterocycles. The molecule has 7 nitrogen and oxygen atoms in total. The van der Waals surface area contributed by atoms with Crippen molar-refractivity contribution >= 4 is 11.7 Å². The van der Waals surface area contributed by atoms with Crippen LogP contribution in [0.15, 0.2) is 36.5 Å². The quantitative estimate of drug-likeness (QED) is 0.755. The average Bonchev–Trinajstić information content (AvgIpc) is 3.12. The van der Waals surface area contributed by atoms with Crippen LogP contribution in [-0.4, -0.2) is 61.2 Å². The van der Waals surface area contributed by atoms with Crippen LogP contribution >= 0.6 is 0 Å². The van der Waals surface area contributed by atoms with Crippen molar-refractivity contribution in [2.45, 2.75) is 32.9 Å². The van der Waals surface area contributed by atoms with Gasteiger partial charge in [-0.2, -0.15) is 0 Å². The fourth-order valence-corrected chi connectivity index (χ4v) is 4.04. The van der Waals surface area contributed by atoms with Gasteiger partial charge in [-0.05, 0) is 38.1 Å². The highest BCUT2D eigenvalue weighted by molar-refractivity contribution is 5.78. The van der Waals surface area contributed by atoms with Crippen LogP contribution in [0, 0.1) is 0 Å². The Morgan fingerprint density at radius 3 is 2.83 bits per heavy atom. The number of rotatable bonds is 7. The molecule has 1 amide bonds. The molecule has 1 fully saturated rings. The second-order valence-electron chi connectivity index (χ2n) is 7.86. The highest BCUT2D eigenvalue weighted by Crippen LogP contribution is 2.35. The standard InChI is InChI=1S/C23H30N4O3/c1-3-29-20-13-18-12-17(2)30-21(18)14-19(20)15-25-23(28)16-26-8-10-27(11-9-26)22-6-4-5-7-24-22/h4-7,13-14,17H,3,8-12,15-16H2,1-2H3,(H,25,28)/t17-/m1/s1. The van der Waals surface area contributed by atoms with Crippen LogP contribution in [0.3, 0.4) is 0 Å². The molecule has 0 aliphatic carbocycles. The van der Waals surface area contributed by atoms with E-state index in [0.717, 1.165) is 55.5 Å². The zero-order valence-electron chi connectivity index (χ0n) is 17.8. The van der Waals surface area contributed by atoms with Crippen LogP contribution in [0.2, 0.25) is 0 Å². The summed E-state index contributed by atoms with van der Waals surface area (Å²) in [5.74, 6) is 2.76. The monoisotopic (exact) mass is 410 g/mol. The number of nitrogens with one attached hydrogen (secondary N) is 1. The fraction of sp³-hybridized carbons (Fsp3) is 0.478. The number of hydrogen-bond acceptors (Lipinski definition) is 6. The van der Waals surface area contributed by atoms with Gasteiger partial charge in [0.25, 0.3) is 0 Å². The number of amides is 1. The topological polar surface area (TPSA) is 66.9 Å². The van der Waals surface area contributed by atoms with Crippen molar-refractivity contribution in [3.05, 3.63) is 47.7 Å². The molecule has 4 rings (SSSR count). The van der Waals surface area contributed by atoms with Crippen LogP contribution in [0.1, 0.15) is 25.0 Å². The SMILES string of the molecule is CCOc1cc2c(cc1CNC(=O)CN1CCN(c3ccccn3)CC1)O[C@H](C)C2. The fourth-order valence-electron chi connectivity index (χ4n) is 4.04. The largest absolute Gasteiger partial charge is 0.494 e. The maximum Gasteiger partial charge on any atom is 0.234 e. The third-order valence-electron chi connectivity index (χ3n) is 5.57. The summed E-state index contributed by atoms with van der Waals surface area (Å²) in [7, 11) is 0. The lowest BCUT2D eigenvalue weighted by atomic mass is 10.1. The van der Waals surface area contributed by atoms with Gasteiger partial charge in [-0.15, -0.1) is 0 Å². The molecule has 2 aromatic rings. The maximum atomic E-state index is 12.5. The number of aromatic nitrogens is 1. The van der Waals surface area contributed by atoms with Gasteiger partial charge in [0.05, 0.1) is 13.2 Å². The molecular weight excluding hydrogens is 380 g/mol. The van der Waals surface area contributed by atoms with Crippen LogP contribution in [0.25, 0.3) is 0 Å². The van der Waals surface area contributed by atoms with Crippen LogP contribution in [0.4, 0.5) is 5.82 Å². The third kappa shape index (κ3) is 4.84. The second kappa shape index (κ2) is 9.34. The Morgan fingerprint density at radius 2 is 2.10 bits per heavy atom. The van der Waals surface area contributed by atoms with Gasteiger partial charge in [-0.3, -0.25) is 9.69 Å². The molecule has 0 unspecified atom stereocenters. The molecule has 2 aliphatic heterocycles. The molecule has 160 valence electrons. The summed E-state index contributed by atoms with van der Waals surface area (Å²) in [6.45, 7) is 8.91. The van der Waals surface area contributed by atoms with E-state index < -0.39 is 0 Å². The van der Waals surface area contributed by atoms with Gasteiger partial charge in [-0.1, -0.05) is 6.07 Å². The molecule has 3 heterocycles. The van der Waals surface area contributed by atoms with E-state index in [2.05, 4.69) is 33.1 Å². The minimum absolute atomic E-state index is 0.0264. The van der Waals surface area contributed by atoms with E-state index in [1.165, 1.54) is 5.56 Å². The lowest BCUT2D eigenvalue weighted by molar-refractivity contribution is -0.122. The predicted molar refractivity (Wildman–Crippen MR) is 116 cm³/mol. The number of fused-ring (bicyclic) bond motifs is 1. The first-order chi connectivity index (χ1) is 14.6. The number of anilines is 1. The van der Waals surface area contributed by atoms with Gasteiger partial charge in [0.1, 0.15) is 23.4 Å². The maximum absolute atomic E-state index is 12.5. The molecule has 1 N–H and O–H groups in total. The number of carbonyl (C=O) groups is 1. The van der Waals surface area contributed by atoms with Crippen molar-refractivity contribution in [3.8, 4) is 11.5 Å². The zero-order valence-corrected chi connectivity index (χ0v) is 17.8. The van der Waals surface area contributed by atoms with Crippen molar-refractivity contribution in [1.82, 2.24) is 15.2 Å². The number of piperazine rings is 1. The number of hydrogen-bond donors (Lipinski definition) is 1. The first-order valence-corrected chi connectivity index (χ1v) is 10.7. The minimum atomic E-state index is 0.0264. The number of pyridine rings is 1. The van der Waals surface area contributed by atoms with E-state index in [9.17, 15) is 4.79 Å². The lowest BCUT2D eigenvalue weighted by Gasteiger charge is -2.34. The van der Waals surface area contributed by atoms with Crippen LogP contribution in [0.5, 0.6) is 11.5 Å². The Labute approximate surface area is 178 Å². The summed E-state index contributed by atoms with van der Waals surface area (Å²) in [5.41, 5.74) is 2.13. The average molecular weight is 411 g/mol. The molecule has 1 atom stereocenters. The van der Waals surface area contributed by atoms with E-state index in [1.54, 1.807) is 0 Å². The van der Waals surface area contributed by atoms with Gasteiger partial charge in [0, 0.05) is 56.5 Å². The molecule has 2 aliphatic rings. The summed E-state index contributed by atoms with van der Waals surface area (Å²) in [4.78, 5) is 21.4. The molecule has 0 radical (unpaired) electrons. The van der Waals surface area contributed by atoms with Gasteiger partial charge in [0.2, 0.25) is 5.91 Å². The minimum Gasteiger partial charge on any atom is -0.494 e. The highest BCUT2D eigenvalue weighted by atomic mass is 16.5. The number of nitrogens with zero attached hydrogens (tertiary/aromatic N) is 3. The highest BCUT2D eigenvalue weighted by Gasteiger charge is 2.23. The summed E-state index contributed by atoms with van der Waals surface area (Å²) in [6, 6.07) is 10.0. The summed E-state index contributed by atoms with van der Waals surface area (Å²) >= 11 is 0. The van der Waals surface area contributed by atoms with Gasteiger partial charge >= 0.3 is 0 Å². The zero-order chi connectivity index (χ0) is 20.9. The second-order valence-corrected chi connectivity index (χ2v) is 7.86. The van der Waals surface area contributed by atoms with Gasteiger partial charge in [-0.25, -0.2) is 4.98 Å². The third-order valence-corrected chi connectivity index (χ3v) is 5.57. The van der Waals surface area contributed by atoms with Crippen molar-refractivity contribution in [1.29, 1.82) is 0 Å². The van der Waals surface area contributed by atoms with E-state index in [0.29, 0.717) is 19.7 Å². The summed E-state index contributed by atoms with van der Waals surface area (Å²) < 4.78 is 11.7. The normalized spacial score (nSPS) is 18.6. The molecule has 1 aromatic heterocycles.